The van der Waals surface area contributed by atoms with E-state index in [2.05, 4.69) is 72.8 Å². The van der Waals surface area contributed by atoms with Crippen LogP contribution in [0.4, 0.5) is 5.69 Å². The number of fused-ring (bicyclic) bond motifs is 3. The number of thioether (sulfide) groups is 1. The van der Waals surface area contributed by atoms with Crippen LogP contribution in [0.15, 0.2) is 71.7 Å². The van der Waals surface area contributed by atoms with Crippen LogP contribution in [0.3, 0.4) is 0 Å². The molecule has 4 rings (SSSR count). The Labute approximate surface area is 160 Å². The van der Waals surface area contributed by atoms with Gasteiger partial charge in [-0.1, -0.05) is 30.9 Å². The summed E-state index contributed by atoms with van der Waals surface area (Å²) in [5.41, 5.74) is 4.97. The predicted octanol–water partition coefficient (Wildman–Crippen LogP) is 6.19. The Bertz CT molecular complexity index is 840. The highest BCUT2D eigenvalue weighted by atomic mass is 32.2. The highest BCUT2D eigenvalue weighted by Crippen LogP contribution is 2.50. The first kappa shape index (κ1) is 17.3. The molecule has 3 atom stereocenters. The van der Waals surface area contributed by atoms with Gasteiger partial charge in [-0.2, -0.15) is 0 Å². The molecule has 0 spiro atoms. The maximum atomic E-state index is 5.87. The summed E-state index contributed by atoms with van der Waals surface area (Å²) in [7, 11) is 0. The summed E-state index contributed by atoms with van der Waals surface area (Å²) in [5.74, 6) is 1.93. The first-order valence-corrected chi connectivity index (χ1v) is 10.4. The molecule has 2 aromatic rings. The minimum Gasteiger partial charge on any atom is -0.489 e. The Balaban J connectivity index is 1.64. The zero-order valence-corrected chi connectivity index (χ0v) is 16.2. The predicted molar refractivity (Wildman–Crippen MR) is 111 cm³/mol. The lowest BCUT2D eigenvalue weighted by Crippen LogP contribution is -2.29. The molecule has 2 aliphatic rings. The van der Waals surface area contributed by atoms with E-state index in [0.29, 0.717) is 24.5 Å². The van der Waals surface area contributed by atoms with Gasteiger partial charge in [0.2, 0.25) is 0 Å². The van der Waals surface area contributed by atoms with E-state index in [1.165, 1.54) is 21.7 Å². The second kappa shape index (κ2) is 7.24. The normalized spacial score (nSPS) is 23.1. The largest absolute Gasteiger partial charge is 0.489 e. The zero-order valence-electron chi connectivity index (χ0n) is 15.4. The first-order valence-electron chi connectivity index (χ1n) is 9.14. The molecule has 3 unspecified atom stereocenters. The topological polar surface area (TPSA) is 21.3 Å². The average Bonchev–Trinajstić information content (AvgIpc) is 3.16. The lowest BCUT2D eigenvalue weighted by atomic mass is 9.77. The van der Waals surface area contributed by atoms with Gasteiger partial charge < -0.3 is 10.1 Å². The van der Waals surface area contributed by atoms with E-state index in [-0.39, 0.29) is 0 Å². The second-order valence-electron chi connectivity index (χ2n) is 7.24. The average molecular weight is 364 g/mol. The highest BCUT2D eigenvalue weighted by molar-refractivity contribution is 7.98. The first-order chi connectivity index (χ1) is 12.7. The maximum Gasteiger partial charge on any atom is 0.120 e. The third-order valence-corrected chi connectivity index (χ3v) is 6.04. The van der Waals surface area contributed by atoms with Crippen LogP contribution in [0.25, 0.3) is 0 Å². The molecule has 0 amide bonds. The number of ether oxygens (including phenoxy) is 1. The lowest BCUT2D eigenvalue weighted by Gasteiger charge is -2.37. The Morgan fingerprint density at radius 3 is 2.77 bits per heavy atom. The van der Waals surface area contributed by atoms with Crippen molar-refractivity contribution in [2.45, 2.75) is 30.2 Å². The molecule has 0 saturated heterocycles. The van der Waals surface area contributed by atoms with Crippen LogP contribution in [0, 0.1) is 5.92 Å². The van der Waals surface area contributed by atoms with Gasteiger partial charge in [-0.25, -0.2) is 0 Å². The second-order valence-corrected chi connectivity index (χ2v) is 8.12. The van der Waals surface area contributed by atoms with Gasteiger partial charge in [0.15, 0.2) is 0 Å². The molecule has 0 bridgehead atoms. The van der Waals surface area contributed by atoms with Crippen LogP contribution in [0.1, 0.15) is 36.4 Å². The van der Waals surface area contributed by atoms with Crippen LogP contribution < -0.4 is 10.1 Å². The molecule has 1 aliphatic heterocycles. The number of allylic oxidation sites excluding steroid dienone is 2. The molecular weight excluding hydrogens is 338 g/mol. The van der Waals surface area contributed by atoms with Crippen LogP contribution in [-0.4, -0.2) is 12.9 Å². The molecule has 2 nitrogen and oxygen atoms in total. The SMILES string of the molecule is C=C(C)COc1ccc2c(c1)C1C=CCC1C(c1ccc(SC)cc1)N2. The van der Waals surface area contributed by atoms with Crippen LogP contribution >= 0.6 is 11.8 Å². The van der Waals surface area contributed by atoms with Gasteiger partial charge in [-0.15, -0.1) is 11.8 Å². The summed E-state index contributed by atoms with van der Waals surface area (Å²) in [4.78, 5) is 1.31. The summed E-state index contributed by atoms with van der Waals surface area (Å²) in [5, 5.41) is 3.79. The van der Waals surface area contributed by atoms with Gasteiger partial charge >= 0.3 is 0 Å². The molecular formula is C23H25NOS. The van der Waals surface area contributed by atoms with Gasteiger partial charge in [0.25, 0.3) is 0 Å². The van der Waals surface area contributed by atoms with Crippen molar-refractivity contribution in [1.29, 1.82) is 0 Å². The molecule has 0 radical (unpaired) electrons. The van der Waals surface area contributed by atoms with E-state index < -0.39 is 0 Å². The molecule has 134 valence electrons. The van der Waals surface area contributed by atoms with Crippen molar-refractivity contribution in [1.82, 2.24) is 0 Å². The van der Waals surface area contributed by atoms with Crippen LogP contribution in [0.2, 0.25) is 0 Å². The molecule has 0 saturated carbocycles. The fourth-order valence-electron chi connectivity index (χ4n) is 4.01. The van der Waals surface area contributed by atoms with E-state index in [0.717, 1.165) is 17.7 Å². The summed E-state index contributed by atoms with van der Waals surface area (Å²) >= 11 is 1.79. The van der Waals surface area contributed by atoms with Crippen molar-refractivity contribution in [2.24, 2.45) is 5.92 Å². The van der Waals surface area contributed by atoms with Crippen molar-refractivity contribution < 1.29 is 4.74 Å². The van der Waals surface area contributed by atoms with Crippen molar-refractivity contribution in [3.8, 4) is 5.75 Å². The summed E-state index contributed by atoms with van der Waals surface area (Å²) in [6, 6.07) is 15.8. The quantitative estimate of drug-likeness (QED) is 0.505. The summed E-state index contributed by atoms with van der Waals surface area (Å²) in [6.07, 6.45) is 7.93. The van der Waals surface area contributed by atoms with E-state index in [4.69, 9.17) is 4.74 Å². The Morgan fingerprint density at radius 2 is 2.04 bits per heavy atom. The Morgan fingerprint density at radius 1 is 1.23 bits per heavy atom. The maximum absolute atomic E-state index is 5.87. The van der Waals surface area contributed by atoms with Crippen molar-refractivity contribution in [3.63, 3.8) is 0 Å². The molecule has 2 aromatic carbocycles. The molecule has 26 heavy (non-hydrogen) atoms. The Hall–Kier alpha value is -2.13. The number of benzene rings is 2. The highest BCUT2D eigenvalue weighted by Gasteiger charge is 2.37. The van der Waals surface area contributed by atoms with Gasteiger partial charge in [-0.3, -0.25) is 0 Å². The molecule has 3 heteroatoms. The molecule has 1 heterocycles. The van der Waals surface area contributed by atoms with E-state index in [9.17, 15) is 0 Å². The fourth-order valence-corrected chi connectivity index (χ4v) is 4.42. The number of rotatable bonds is 5. The lowest BCUT2D eigenvalue weighted by molar-refractivity contribution is 0.350. The number of anilines is 1. The summed E-state index contributed by atoms with van der Waals surface area (Å²) < 4.78 is 5.87. The third kappa shape index (κ3) is 3.28. The minimum atomic E-state index is 0.348. The van der Waals surface area contributed by atoms with Gasteiger partial charge in [0, 0.05) is 16.5 Å². The standard InChI is InChI=1S/C23H25NOS/c1-15(2)14-25-17-9-12-22-21(13-17)19-5-4-6-20(19)23(24-22)16-7-10-18(26-3)11-8-16/h4-5,7-13,19-20,23-24H,1,6,14H2,2-3H3. The summed E-state index contributed by atoms with van der Waals surface area (Å²) in [6.45, 7) is 6.48. The molecule has 0 aromatic heterocycles. The third-order valence-electron chi connectivity index (χ3n) is 5.29. The zero-order chi connectivity index (χ0) is 18.1. The van der Waals surface area contributed by atoms with Gasteiger partial charge in [0.05, 0.1) is 6.04 Å². The van der Waals surface area contributed by atoms with E-state index in [1.807, 2.05) is 6.92 Å². The van der Waals surface area contributed by atoms with E-state index in [1.54, 1.807) is 11.8 Å². The van der Waals surface area contributed by atoms with Crippen molar-refractivity contribution in [2.75, 3.05) is 18.2 Å². The van der Waals surface area contributed by atoms with Crippen molar-refractivity contribution >= 4 is 17.4 Å². The van der Waals surface area contributed by atoms with Crippen LogP contribution in [-0.2, 0) is 0 Å². The van der Waals surface area contributed by atoms with Crippen LogP contribution in [0.5, 0.6) is 5.75 Å². The van der Waals surface area contributed by atoms with Crippen molar-refractivity contribution in [3.05, 3.63) is 77.9 Å². The molecule has 0 fully saturated rings. The number of hydrogen-bond acceptors (Lipinski definition) is 3. The smallest absolute Gasteiger partial charge is 0.120 e. The van der Waals surface area contributed by atoms with Gasteiger partial charge in [-0.05, 0) is 72.6 Å². The van der Waals surface area contributed by atoms with Gasteiger partial charge in [0.1, 0.15) is 12.4 Å². The molecule has 1 aliphatic carbocycles. The molecule has 1 N–H and O–H groups in total. The minimum absolute atomic E-state index is 0.348. The number of nitrogens with one attached hydrogen (secondary N) is 1. The monoisotopic (exact) mass is 363 g/mol. The Kier molecular flexibility index (Phi) is 4.82. The number of hydrogen-bond donors (Lipinski definition) is 1. The van der Waals surface area contributed by atoms with E-state index >= 15 is 0 Å². The fraction of sp³-hybridized carbons (Fsp3) is 0.304.